The Bertz CT molecular complexity index is 1830. The van der Waals surface area contributed by atoms with E-state index >= 15 is 0 Å². The number of benzene rings is 3. The van der Waals surface area contributed by atoms with Crippen LogP contribution in [-0.2, 0) is 13.0 Å². The highest BCUT2D eigenvalue weighted by Gasteiger charge is 2.21. The first-order valence-electron chi connectivity index (χ1n) is 11.9. The van der Waals surface area contributed by atoms with Crippen LogP contribution in [0.3, 0.4) is 0 Å². The zero-order chi connectivity index (χ0) is 24.6. The van der Waals surface area contributed by atoms with Crippen molar-refractivity contribution in [3.8, 4) is 0 Å². The van der Waals surface area contributed by atoms with E-state index in [1.807, 2.05) is 80.6 Å². The van der Waals surface area contributed by atoms with Gasteiger partial charge in [0.15, 0.2) is 11.3 Å². The zero-order valence-corrected chi connectivity index (χ0v) is 20.1. The fraction of sp³-hybridized carbons (Fsp3) is 0.138. The van der Waals surface area contributed by atoms with E-state index < -0.39 is 0 Å². The Morgan fingerprint density at radius 3 is 2.36 bits per heavy atom. The molecule has 0 bridgehead atoms. The molecule has 3 heterocycles. The lowest BCUT2D eigenvalue weighted by atomic mass is 10.1. The van der Waals surface area contributed by atoms with Crippen LogP contribution in [0.15, 0.2) is 88.8 Å². The molecule has 3 aromatic carbocycles. The summed E-state index contributed by atoms with van der Waals surface area (Å²) in [5, 5.41) is 5.16. The van der Waals surface area contributed by atoms with Crippen molar-refractivity contribution in [2.45, 2.75) is 26.8 Å². The van der Waals surface area contributed by atoms with Gasteiger partial charge in [-0.15, -0.1) is 0 Å². The molecule has 0 saturated carbocycles. The van der Waals surface area contributed by atoms with E-state index in [1.54, 1.807) is 15.5 Å². The van der Waals surface area contributed by atoms with Gasteiger partial charge in [0.25, 0.3) is 5.56 Å². The smallest absolute Gasteiger partial charge is 0.265 e. The molecular weight excluding hydrogens is 448 g/mol. The Labute approximate surface area is 207 Å². The Kier molecular flexibility index (Phi) is 5.37. The van der Waals surface area contributed by atoms with Gasteiger partial charge in [0.2, 0.25) is 0 Å². The molecule has 0 radical (unpaired) electrons. The molecular formula is C29H24N6O. The van der Waals surface area contributed by atoms with Crippen LogP contribution in [0.5, 0.6) is 0 Å². The van der Waals surface area contributed by atoms with Gasteiger partial charge >= 0.3 is 0 Å². The molecule has 0 spiro atoms. The van der Waals surface area contributed by atoms with Crippen molar-refractivity contribution >= 4 is 39.4 Å². The summed E-state index contributed by atoms with van der Waals surface area (Å²) < 4.78 is 3.36. The molecule has 6 rings (SSSR count). The summed E-state index contributed by atoms with van der Waals surface area (Å²) in [6.45, 7) is 4.42. The number of hydrogen-bond acceptors (Lipinski definition) is 5. The van der Waals surface area contributed by atoms with Crippen molar-refractivity contribution in [3.05, 3.63) is 112 Å². The standard InChI is InChI=1S/C29H24N6O/c1-19-9-8-12-22(17-19)18-30-35-27-25(26-28(35)33-24-14-7-6-13-23(24)32-26)29(36)34(20(2)31-27)16-15-21-10-4-3-5-11-21/h3-14,17-18H,15-16H2,1-2H3/b30-18+. The van der Waals surface area contributed by atoms with Crippen LogP contribution in [0.2, 0.25) is 0 Å². The molecule has 7 nitrogen and oxygen atoms in total. The van der Waals surface area contributed by atoms with Crippen molar-refractivity contribution in [3.63, 3.8) is 0 Å². The molecule has 0 fully saturated rings. The highest BCUT2D eigenvalue weighted by molar-refractivity contribution is 6.05. The average molecular weight is 473 g/mol. The topological polar surface area (TPSA) is 78.0 Å². The predicted octanol–water partition coefficient (Wildman–Crippen LogP) is 5.04. The van der Waals surface area contributed by atoms with Crippen LogP contribution in [0.4, 0.5) is 0 Å². The molecule has 6 aromatic rings. The second-order valence-electron chi connectivity index (χ2n) is 8.91. The van der Waals surface area contributed by atoms with Crippen molar-refractivity contribution in [2.24, 2.45) is 5.10 Å². The van der Waals surface area contributed by atoms with E-state index in [4.69, 9.17) is 20.1 Å². The third kappa shape index (κ3) is 3.84. The van der Waals surface area contributed by atoms with E-state index in [1.165, 1.54) is 5.56 Å². The minimum atomic E-state index is -0.132. The molecule has 0 aliphatic rings. The maximum absolute atomic E-state index is 13.8. The van der Waals surface area contributed by atoms with Crippen LogP contribution >= 0.6 is 0 Å². The first-order chi connectivity index (χ1) is 17.6. The average Bonchev–Trinajstić information content (AvgIpc) is 3.18. The Morgan fingerprint density at radius 1 is 0.833 bits per heavy atom. The van der Waals surface area contributed by atoms with Gasteiger partial charge < -0.3 is 0 Å². The van der Waals surface area contributed by atoms with E-state index in [9.17, 15) is 4.79 Å². The lowest BCUT2D eigenvalue weighted by molar-refractivity contribution is 0.636. The van der Waals surface area contributed by atoms with Gasteiger partial charge in [0.1, 0.15) is 16.7 Å². The Hall–Kier alpha value is -4.65. The second kappa shape index (κ2) is 8.85. The van der Waals surface area contributed by atoms with Crippen LogP contribution in [-0.4, -0.2) is 30.4 Å². The van der Waals surface area contributed by atoms with Crippen molar-refractivity contribution in [2.75, 3.05) is 0 Å². The third-order valence-electron chi connectivity index (χ3n) is 6.36. The Morgan fingerprint density at radius 2 is 1.58 bits per heavy atom. The minimum Gasteiger partial charge on any atom is -0.296 e. The number of aryl methyl sites for hydroxylation is 3. The molecule has 0 N–H and O–H groups in total. The molecule has 0 unspecified atom stereocenters. The number of aromatic nitrogens is 5. The van der Waals surface area contributed by atoms with Gasteiger partial charge in [-0.05, 0) is 43.5 Å². The number of rotatable bonds is 5. The number of para-hydroxylation sites is 2. The lowest BCUT2D eigenvalue weighted by Crippen LogP contribution is -2.25. The van der Waals surface area contributed by atoms with Crippen LogP contribution in [0.25, 0.3) is 33.2 Å². The van der Waals surface area contributed by atoms with Gasteiger partial charge in [-0.25, -0.2) is 15.0 Å². The molecule has 36 heavy (non-hydrogen) atoms. The first-order valence-corrected chi connectivity index (χ1v) is 11.9. The predicted molar refractivity (Wildman–Crippen MR) is 144 cm³/mol. The van der Waals surface area contributed by atoms with Gasteiger partial charge in [-0.3, -0.25) is 9.36 Å². The fourth-order valence-electron chi connectivity index (χ4n) is 4.55. The van der Waals surface area contributed by atoms with Crippen LogP contribution in [0, 0.1) is 13.8 Å². The molecule has 0 aliphatic heterocycles. The summed E-state index contributed by atoms with van der Waals surface area (Å²) in [5.74, 6) is 0.628. The summed E-state index contributed by atoms with van der Waals surface area (Å²) in [7, 11) is 0. The molecule has 0 aliphatic carbocycles. The quantitative estimate of drug-likeness (QED) is 0.330. The van der Waals surface area contributed by atoms with E-state index in [-0.39, 0.29) is 5.56 Å². The third-order valence-corrected chi connectivity index (χ3v) is 6.36. The summed E-state index contributed by atoms with van der Waals surface area (Å²) in [6.07, 6.45) is 2.49. The minimum absolute atomic E-state index is 0.132. The maximum Gasteiger partial charge on any atom is 0.265 e. The molecule has 0 amide bonds. The number of hydrogen-bond donors (Lipinski definition) is 0. The molecule has 7 heteroatoms. The number of fused-ring (bicyclic) bond motifs is 4. The normalized spacial score (nSPS) is 11.8. The molecule has 0 saturated heterocycles. The summed E-state index contributed by atoms with van der Waals surface area (Å²) in [6, 6.07) is 25.8. The van der Waals surface area contributed by atoms with Crippen LogP contribution in [0.1, 0.15) is 22.5 Å². The van der Waals surface area contributed by atoms with Crippen molar-refractivity contribution in [1.29, 1.82) is 0 Å². The van der Waals surface area contributed by atoms with Gasteiger partial charge in [-0.2, -0.15) is 9.78 Å². The van der Waals surface area contributed by atoms with E-state index in [0.29, 0.717) is 34.6 Å². The molecule has 0 atom stereocenters. The lowest BCUT2D eigenvalue weighted by Gasteiger charge is -2.10. The number of nitrogens with zero attached hydrogens (tertiary/aromatic N) is 6. The van der Waals surface area contributed by atoms with Crippen LogP contribution < -0.4 is 5.56 Å². The zero-order valence-electron chi connectivity index (χ0n) is 20.1. The van der Waals surface area contributed by atoms with E-state index in [2.05, 4.69) is 12.1 Å². The fourth-order valence-corrected chi connectivity index (χ4v) is 4.55. The molecule has 3 aromatic heterocycles. The monoisotopic (exact) mass is 472 g/mol. The van der Waals surface area contributed by atoms with E-state index in [0.717, 1.165) is 28.6 Å². The Balaban J connectivity index is 1.58. The van der Waals surface area contributed by atoms with Gasteiger partial charge in [0, 0.05) is 6.54 Å². The van der Waals surface area contributed by atoms with Gasteiger partial charge in [-0.1, -0.05) is 72.3 Å². The summed E-state index contributed by atoms with van der Waals surface area (Å²) in [4.78, 5) is 28.4. The highest BCUT2D eigenvalue weighted by atomic mass is 16.1. The van der Waals surface area contributed by atoms with Crippen molar-refractivity contribution in [1.82, 2.24) is 24.2 Å². The van der Waals surface area contributed by atoms with Crippen molar-refractivity contribution < 1.29 is 0 Å². The first kappa shape index (κ1) is 21.9. The second-order valence-corrected chi connectivity index (χ2v) is 8.91. The summed E-state index contributed by atoms with van der Waals surface area (Å²) >= 11 is 0. The molecule has 176 valence electrons. The largest absolute Gasteiger partial charge is 0.296 e. The maximum atomic E-state index is 13.8. The SMILES string of the molecule is Cc1cccc(/C=N/n2c3nc4ccccc4nc3c3c(=O)n(CCc4ccccc4)c(C)nc32)c1. The summed E-state index contributed by atoms with van der Waals surface area (Å²) in [5.41, 5.74) is 6.07. The van der Waals surface area contributed by atoms with Gasteiger partial charge in [0.05, 0.1) is 17.2 Å². The highest BCUT2D eigenvalue weighted by Crippen LogP contribution is 2.25.